The number of ether oxygens (including phenoxy) is 2. The highest BCUT2D eigenvalue weighted by molar-refractivity contribution is 5.94. The molecule has 1 aromatic carbocycles. The molecule has 122 valence electrons. The molecule has 0 spiro atoms. The largest absolute Gasteiger partial charge is 0.509 e. The molecule has 5 heteroatoms. The average Bonchev–Trinajstić information content (AvgIpc) is 2.51. The van der Waals surface area contributed by atoms with E-state index in [2.05, 4.69) is 12.2 Å². The number of rotatable bonds is 9. The SMILES string of the molecule is CCCCCCC(OC(=O)OCC)C(=O)Nc1ccccc1. The molecule has 0 aliphatic rings. The number of carbonyl (C=O) groups excluding carboxylic acids is 2. The Morgan fingerprint density at radius 1 is 1.09 bits per heavy atom. The molecule has 1 atom stereocenters. The van der Waals surface area contributed by atoms with Crippen LogP contribution in [0.5, 0.6) is 0 Å². The Morgan fingerprint density at radius 3 is 2.45 bits per heavy atom. The molecule has 0 fully saturated rings. The fourth-order valence-corrected chi connectivity index (χ4v) is 2.01. The number of carbonyl (C=O) groups is 2. The molecule has 0 aromatic heterocycles. The Labute approximate surface area is 132 Å². The number of anilines is 1. The molecule has 1 rings (SSSR count). The van der Waals surface area contributed by atoms with Crippen LogP contribution in [0, 0.1) is 0 Å². The Hall–Kier alpha value is -2.04. The zero-order valence-corrected chi connectivity index (χ0v) is 13.3. The minimum absolute atomic E-state index is 0.224. The maximum Gasteiger partial charge on any atom is 0.509 e. The third-order valence-corrected chi connectivity index (χ3v) is 3.15. The first-order chi connectivity index (χ1) is 10.7. The molecule has 1 N–H and O–H groups in total. The molecule has 1 aromatic rings. The van der Waals surface area contributed by atoms with Crippen LogP contribution in [0.3, 0.4) is 0 Å². The molecule has 0 aliphatic carbocycles. The van der Waals surface area contributed by atoms with Gasteiger partial charge in [-0.1, -0.05) is 44.4 Å². The van der Waals surface area contributed by atoms with E-state index in [-0.39, 0.29) is 12.5 Å². The van der Waals surface area contributed by atoms with Gasteiger partial charge in [0.25, 0.3) is 5.91 Å². The van der Waals surface area contributed by atoms with Gasteiger partial charge in [-0.15, -0.1) is 0 Å². The number of nitrogens with one attached hydrogen (secondary N) is 1. The Bertz CT molecular complexity index is 447. The van der Waals surface area contributed by atoms with Crippen molar-refractivity contribution in [3.63, 3.8) is 0 Å². The van der Waals surface area contributed by atoms with Crippen molar-refractivity contribution in [1.29, 1.82) is 0 Å². The van der Waals surface area contributed by atoms with Crippen molar-refractivity contribution in [3.8, 4) is 0 Å². The van der Waals surface area contributed by atoms with Gasteiger partial charge in [-0.2, -0.15) is 0 Å². The lowest BCUT2D eigenvalue weighted by atomic mass is 10.1. The molecule has 22 heavy (non-hydrogen) atoms. The van der Waals surface area contributed by atoms with Crippen molar-refractivity contribution in [2.75, 3.05) is 11.9 Å². The standard InChI is InChI=1S/C17H25NO4/c1-3-5-6-10-13-15(22-17(20)21-4-2)16(19)18-14-11-8-7-9-12-14/h7-9,11-12,15H,3-6,10,13H2,1-2H3,(H,18,19). The van der Waals surface area contributed by atoms with Crippen molar-refractivity contribution in [2.24, 2.45) is 0 Å². The van der Waals surface area contributed by atoms with E-state index in [1.807, 2.05) is 18.2 Å². The summed E-state index contributed by atoms with van der Waals surface area (Å²) in [6, 6.07) is 9.11. The second-order valence-electron chi connectivity index (χ2n) is 4.99. The zero-order valence-electron chi connectivity index (χ0n) is 13.3. The van der Waals surface area contributed by atoms with Gasteiger partial charge in [0.2, 0.25) is 0 Å². The third-order valence-electron chi connectivity index (χ3n) is 3.15. The van der Waals surface area contributed by atoms with Gasteiger partial charge in [0.1, 0.15) is 0 Å². The molecule has 0 radical (unpaired) electrons. The molecule has 0 heterocycles. The second-order valence-corrected chi connectivity index (χ2v) is 4.99. The van der Waals surface area contributed by atoms with Crippen molar-refractivity contribution in [2.45, 2.75) is 52.1 Å². The van der Waals surface area contributed by atoms with Crippen LogP contribution in [0.2, 0.25) is 0 Å². The summed E-state index contributed by atoms with van der Waals surface area (Å²) in [4.78, 5) is 23.7. The van der Waals surface area contributed by atoms with Crippen molar-refractivity contribution in [3.05, 3.63) is 30.3 Å². The number of unbranched alkanes of at least 4 members (excludes halogenated alkanes) is 3. The fourth-order valence-electron chi connectivity index (χ4n) is 2.01. The molecule has 0 aliphatic heterocycles. The summed E-state index contributed by atoms with van der Waals surface area (Å²) in [6.07, 6.45) is 2.93. The van der Waals surface area contributed by atoms with Crippen LogP contribution in [0.25, 0.3) is 0 Å². The average molecular weight is 307 g/mol. The highest BCUT2D eigenvalue weighted by Crippen LogP contribution is 2.13. The smallest absolute Gasteiger partial charge is 0.435 e. The van der Waals surface area contributed by atoms with E-state index in [0.29, 0.717) is 12.1 Å². The highest BCUT2D eigenvalue weighted by atomic mass is 16.7. The minimum Gasteiger partial charge on any atom is -0.435 e. The molecule has 0 bridgehead atoms. The fraction of sp³-hybridized carbons (Fsp3) is 0.529. The first-order valence-electron chi connectivity index (χ1n) is 7.86. The number of hydrogen-bond donors (Lipinski definition) is 1. The number of para-hydroxylation sites is 1. The maximum absolute atomic E-state index is 12.3. The number of amides is 1. The first kappa shape index (κ1) is 18.0. The number of hydrogen-bond acceptors (Lipinski definition) is 4. The quantitative estimate of drug-likeness (QED) is 0.550. The van der Waals surface area contributed by atoms with Gasteiger partial charge in [-0.25, -0.2) is 4.79 Å². The summed E-state index contributed by atoms with van der Waals surface area (Å²) in [7, 11) is 0. The zero-order chi connectivity index (χ0) is 16.2. The first-order valence-corrected chi connectivity index (χ1v) is 7.86. The number of benzene rings is 1. The van der Waals surface area contributed by atoms with E-state index in [9.17, 15) is 9.59 Å². The van der Waals surface area contributed by atoms with E-state index in [4.69, 9.17) is 9.47 Å². The lowest BCUT2D eigenvalue weighted by Gasteiger charge is -2.17. The van der Waals surface area contributed by atoms with Crippen LogP contribution in [-0.4, -0.2) is 24.8 Å². The van der Waals surface area contributed by atoms with Crippen molar-refractivity contribution >= 4 is 17.7 Å². The molecule has 0 saturated heterocycles. The minimum atomic E-state index is -0.823. The van der Waals surface area contributed by atoms with E-state index >= 15 is 0 Å². The molecule has 1 amide bonds. The topological polar surface area (TPSA) is 64.6 Å². The maximum atomic E-state index is 12.3. The predicted octanol–water partition coefficient (Wildman–Crippen LogP) is 4.14. The van der Waals surface area contributed by atoms with Crippen LogP contribution >= 0.6 is 0 Å². The highest BCUT2D eigenvalue weighted by Gasteiger charge is 2.23. The summed E-state index contributed by atoms with van der Waals surface area (Å²) in [5.41, 5.74) is 0.679. The summed E-state index contributed by atoms with van der Waals surface area (Å²) >= 11 is 0. The van der Waals surface area contributed by atoms with Gasteiger partial charge in [0.05, 0.1) is 6.61 Å². The normalized spacial score (nSPS) is 11.5. The lowest BCUT2D eigenvalue weighted by Crippen LogP contribution is -2.32. The van der Waals surface area contributed by atoms with E-state index < -0.39 is 12.3 Å². The summed E-state index contributed by atoms with van der Waals surface area (Å²) in [5, 5.41) is 2.76. The van der Waals surface area contributed by atoms with Gasteiger partial charge in [-0.3, -0.25) is 4.79 Å². The van der Waals surface area contributed by atoms with E-state index in [1.165, 1.54) is 0 Å². The molecule has 5 nitrogen and oxygen atoms in total. The molecular formula is C17H25NO4. The van der Waals surface area contributed by atoms with Crippen LogP contribution in [0.15, 0.2) is 30.3 Å². The van der Waals surface area contributed by atoms with Gasteiger partial charge in [-0.05, 0) is 31.9 Å². The van der Waals surface area contributed by atoms with Crippen LogP contribution < -0.4 is 5.32 Å². The monoisotopic (exact) mass is 307 g/mol. The van der Waals surface area contributed by atoms with Crippen LogP contribution in [0.1, 0.15) is 46.0 Å². The summed E-state index contributed by atoms with van der Waals surface area (Å²) in [5.74, 6) is -0.323. The van der Waals surface area contributed by atoms with Crippen LogP contribution in [0.4, 0.5) is 10.5 Å². The third kappa shape index (κ3) is 7.11. The van der Waals surface area contributed by atoms with Crippen molar-refractivity contribution in [1.82, 2.24) is 0 Å². The summed E-state index contributed by atoms with van der Waals surface area (Å²) in [6.45, 7) is 4.04. The van der Waals surface area contributed by atoms with E-state index in [1.54, 1.807) is 19.1 Å². The second kappa shape index (κ2) is 10.7. The Morgan fingerprint density at radius 2 is 1.82 bits per heavy atom. The van der Waals surface area contributed by atoms with E-state index in [0.717, 1.165) is 25.7 Å². The van der Waals surface area contributed by atoms with Gasteiger partial charge >= 0.3 is 6.16 Å². The van der Waals surface area contributed by atoms with Gasteiger partial charge in [0.15, 0.2) is 6.10 Å². The molecule has 0 saturated carbocycles. The Balaban J connectivity index is 2.57. The van der Waals surface area contributed by atoms with Gasteiger partial charge in [0, 0.05) is 5.69 Å². The lowest BCUT2D eigenvalue weighted by molar-refractivity contribution is -0.126. The Kier molecular flexibility index (Phi) is 8.72. The molecular weight excluding hydrogens is 282 g/mol. The summed E-state index contributed by atoms with van der Waals surface area (Å²) < 4.78 is 9.89. The van der Waals surface area contributed by atoms with Gasteiger partial charge < -0.3 is 14.8 Å². The van der Waals surface area contributed by atoms with Crippen molar-refractivity contribution < 1.29 is 19.1 Å². The van der Waals surface area contributed by atoms with Crippen LogP contribution in [-0.2, 0) is 14.3 Å². The molecule has 1 unspecified atom stereocenters. The predicted molar refractivity (Wildman–Crippen MR) is 85.7 cm³/mol.